The fourth-order valence-electron chi connectivity index (χ4n) is 2.12. The topological polar surface area (TPSA) is 46.3 Å². The van der Waals surface area contributed by atoms with Crippen LogP contribution in [-0.2, 0) is 0 Å². The van der Waals surface area contributed by atoms with Crippen LogP contribution in [0.3, 0.4) is 0 Å². The number of nitrogens with two attached hydrogens (primary N) is 1. The molecule has 18 heavy (non-hydrogen) atoms. The minimum Gasteiger partial charge on any atom is -0.337 e. The van der Waals surface area contributed by atoms with E-state index in [2.05, 4.69) is 22.9 Å². The lowest BCUT2D eigenvalue weighted by Crippen LogP contribution is -2.49. The Morgan fingerprint density at radius 3 is 2.94 bits per heavy atom. The third kappa shape index (κ3) is 2.71. The highest BCUT2D eigenvalue weighted by Crippen LogP contribution is 2.28. The molecular weight excluding hydrogens is 316 g/mol. The van der Waals surface area contributed by atoms with Gasteiger partial charge >= 0.3 is 0 Å². The smallest absolute Gasteiger partial charge is 0.255 e. The highest BCUT2D eigenvalue weighted by Gasteiger charge is 2.28. The number of likely N-dealkylation sites (tertiary alicyclic amines) is 1. The van der Waals surface area contributed by atoms with Crippen LogP contribution in [0.1, 0.15) is 23.7 Å². The second kappa shape index (κ2) is 5.59. The standard InChI is InChI=1S/C13H16BrClN2O/c1-8-5-6-17(7-11(8)16)13(18)9-3-2-4-10(14)12(9)15/h2-4,8,11H,5-7,16H2,1H3. The molecule has 0 bridgehead atoms. The van der Waals surface area contributed by atoms with Gasteiger partial charge in [0, 0.05) is 23.6 Å². The van der Waals surface area contributed by atoms with Crippen LogP contribution in [0.4, 0.5) is 0 Å². The van der Waals surface area contributed by atoms with Crippen molar-refractivity contribution < 1.29 is 4.79 Å². The Bertz CT molecular complexity index is 466. The van der Waals surface area contributed by atoms with E-state index in [1.165, 1.54) is 0 Å². The number of hydrogen-bond acceptors (Lipinski definition) is 2. The molecule has 0 aromatic heterocycles. The Morgan fingerprint density at radius 1 is 1.56 bits per heavy atom. The maximum absolute atomic E-state index is 12.4. The molecule has 1 aromatic rings. The molecule has 5 heteroatoms. The zero-order valence-electron chi connectivity index (χ0n) is 10.2. The molecule has 3 nitrogen and oxygen atoms in total. The Morgan fingerprint density at radius 2 is 2.28 bits per heavy atom. The first-order chi connectivity index (χ1) is 8.50. The third-order valence-electron chi connectivity index (χ3n) is 3.49. The first-order valence-corrected chi connectivity index (χ1v) is 7.16. The van der Waals surface area contributed by atoms with Gasteiger partial charge in [0.25, 0.3) is 5.91 Å². The molecule has 2 atom stereocenters. The van der Waals surface area contributed by atoms with Gasteiger partial charge in [0.05, 0.1) is 10.6 Å². The number of hydrogen-bond donors (Lipinski definition) is 1. The molecule has 2 unspecified atom stereocenters. The average molecular weight is 332 g/mol. The number of amides is 1. The lowest BCUT2D eigenvalue weighted by molar-refractivity contribution is 0.0672. The van der Waals surface area contributed by atoms with E-state index in [-0.39, 0.29) is 11.9 Å². The Hall–Kier alpha value is -0.580. The van der Waals surface area contributed by atoms with Gasteiger partial charge in [-0.1, -0.05) is 24.6 Å². The average Bonchev–Trinajstić information content (AvgIpc) is 2.35. The maximum atomic E-state index is 12.4. The van der Waals surface area contributed by atoms with Crippen molar-refractivity contribution in [3.8, 4) is 0 Å². The summed E-state index contributed by atoms with van der Waals surface area (Å²) in [4.78, 5) is 14.2. The molecule has 1 aliphatic rings. The third-order valence-corrected chi connectivity index (χ3v) is 4.78. The van der Waals surface area contributed by atoms with E-state index in [1.54, 1.807) is 11.0 Å². The van der Waals surface area contributed by atoms with E-state index in [9.17, 15) is 4.79 Å². The van der Waals surface area contributed by atoms with Gasteiger partial charge in [0.1, 0.15) is 0 Å². The van der Waals surface area contributed by atoms with Crippen molar-refractivity contribution in [1.82, 2.24) is 4.90 Å². The largest absolute Gasteiger partial charge is 0.337 e. The summed E-state index contributed by atoms with van der Waals surface area (Å²) in [6.45, 7) is 3.47. The van der Waals surface area contributed by atoms with Crippen LogP contribution in [0.15, 0.2) is 22.7 Å². The molecule has 2 rings (SSSR count). The van der Waals surface area contributed by atoms with E-state index in [0.29, 0.717) is 23.0 Å². The molecule has 1 heterocycles. The van der Waals surface area contributed by atoms with Gasteiger partial charge in [0.15, 0.2) is 0 Å². The summed E-state index contributed by atoms with van der Waals surface area (Å²) in [6.07, 6.45) is 0.943. The van der Waals surface area contributed by atoms with E-state index in [0.717, 1.165) is 17.4 Å². The van der Waals surface area contributed by atoms with Crippen molar-refractivity contribution in [2.75, 3.05) is 13.1 Å². The van der Waals surface area contributed by atoms with Gasteiger partial charge in [-0.3, -0.25) is 4.79 Å². The van der Waals surface area contributed by atoms with Gasteiger partial charge < -0.3 is 10.6 Å². The molecule has 0 spiro atoms. The summed E-state index contributed by atoms with van der Waals surface area (Å²) >= 11 is 9.48. The van der Waals surface area contributed by atoms with Crippen molar-refractivity contribution in [2.45, 2.75) is 19.4 Å². The van der Waals surface area contributed by atoms with E-state index < -0.39 is 0 Å². The van der Waals surface area contributed by atoms with Gasteiger partial charge in [-0.25, -0.2) is 0 Å². The van der Waals surface area contributed by atoms with Crippen molar-refractivity contribution in [3.05, 3.63) is 33.3 Å². The van der Waals surface area contributed by atoms with Crippen LogP contribution >= 0.6 is 27.5 Å². The van der Waals surface area contributed by atoms with Crippen LogP contribution in [0.25, 0.3) is 0 Å². The van der Waals surface area contributed by atoms with Gasteiger partial charge in [-0.15, -0.1) is 0 Å². The van der Waals surface area contributed by atoms with E-state index in [1.807, 2.05) is 12.1 Å². The number of nitrogens with zero attached hydrogens (tertiary/aromatic N) is 1. The predicted octanol–water partition coefficient (Wildman–Crippen LogP) is 2.91. The number of carbonyl (C=O) groups is 1. The zero-order chi connectivity index (χ0) is 13.3. The number of piperidine rings is 1. The lowest BCUT2D eigenvalue weighted by atomic mass is 9.94. The van der Waals surface area contributed by atoms with Gasteiger partial charge in [0.2, 0.25) is 0 Å². The summed E-state index contributed by atoms with van der Waals surface area (Å²) < 4.78 is 0.740. The highest BCUT2D eigenvalue weighted by molar-refractivity contribution is 9.10. The van der Waals surface area contributed by atoms with Crippen molar-refractivity contribution in [2.24, 2.45) is 11.7 Å². The summed E-state index contributed by atoms with van der Waals surface area (Å²) in [5.41, 5.74) is 6.55. The van der Waals surface area contributed by atoms with Crippen LogP contribution in [0.5, 0.6) is 0 Å². The van der Waals surface area contributed by atoms with Gasteiger partial charge in [-0.05, 0) is 40.4 Å². The molecule has 2 N–H and O–H groups in total. The SMILES string of the molecule is CC1CCN(C(=O)c2cccc(Br)c2Cl)CC1N. The molecule has 0 radical (unpaired) electrons. The van der Waals surface area contributed by atoms with Crippen LogP contribution in [0, 0.1) is 5.92 Å². The number of rotatable bonds is 1. The van der Waals surface area contributed by atoms with Crippen LogP contribution in [-0.4, -0.2) is 29.9 Å². The monoisotopic (exact) mass is 330 g/mol. The first-order valence-electron chi connectivity index (χ1n) is 5.99. The summed E-state index contributed by atoms with van der Waals surface area (Å²) in [6, 6.07) is 5.44. The molecule has 1 aliphatic heterocycles. The molecule has 1 amide bonds. The van der Waals surface area contributed by atoms with E-state index >= 15 is 0 Å². The fourth-order valence-corrected chi connectivity index (χ4v) is 2.70. The molecule has 0 aliphatic carbocycles. The van der Waals surface area contributed by atoms with Gasteiger partial charge in [-0.2, -0.15) is 0 Å². The minimum atomic E-state index is -0.0383. The second-order valence-electron chi connectivity index (χ2n) is 4.78. The molecule has 1 fully saturated rings. The number of benzene rings is 1. The summed E-state index contributed by atoms with van der Waals surface area (Å²) in [5.74, 6) is 0.427. The summed E-state index contributed by atoms with van der Waals surface area (Å²) in [7, 11) is 0. The minimum absolute atomic E-state index is 0.0383. The number of carbonyl (C=O) groups excluding carboxylic acids is 1. The second-order valence-corrected chi connectivity index (χ2v) is 6.01. The molecule has 1 saturated heterocycles. The van der Waals surface area contributed by atoms with Crippen molar-refractivity contribution in [3.63, 3.8) is 0 Å². The quantitative estimate of drug-likeness (QED) is 0.860. The Labute approximate surface area is 120 Å². The maximum Gasteiger partial charge on any atom is 0.255 e. The fraction of sp³-hybridized carbons (Fsp3) is 0.462. The molecule has 0 saturated carbocycles. The van der Waals surface area contributed by atoms with Crippen molar-refractivity contribution >= 4 is 33.4 Å². The lowest BCUT2D eigenvalue weighted by Gasteiger charge is -2.35. The first kappa shape index (κ1) is 13.8. The van der Waals surface area contributed by atoms with Crippen molar-refractivity contribution in [1.29, 1.82) is 0 Å². The van der Waals surface area contributed by atoms with Crippen LogP contribution in [0.2, 0.25) is 5.02 Å². The Balaban J connectivity index is 2.19. The summed E-state index contributed by atoms with van der Waals surface area (Å²) in [5, 5.41) is 0.467. The predicted molar refractivity (Wildman–Crippen MR) is 76.8 cm³/mol. The highest BCUT2D eigenvalue weighted by atomic mass is 79.9. The molecule has 1 aromatic carbocycles. The Kier molecular flexibility index (Phi) is 4.30. The normalized spacial score (nSPS) is 24.1. The zero-order valence-corrected chi connectivity index (χ0v) is 12.5. The molecular formula is C13H16BrClN2O. The van der Waals surface area contributed by atoms with E-state index in [4.69, 9.17) is 17.3 Å². The van der Waals surface area contributed by atoms with Crippen LogP contribution < -0.4 is 5.73 Å². The molecule has 98 valence electrons. The number of halogens is 2.